The predicted octanol–water partition coefficient (Wildman–Crippen LogP) is 2.59. The van der Waals surface area contributed by atoms with Gasteiger partial charge in [0.05, 0.1) is 5.92 Å². The highest BCUT2D eigenvalue weighted by molar-refractivity contribution is 5.85. The maximum Gasteiger partial charge on any atom is 0.225 e. The van der Waals surface area contributed by atoms with Crippen molar-refractivity contribution in [3.63, 3.8) is 0 Å². The van der Waals surface area contributed by atoms with Crippen LogP contribution in [0.25, 0.3) is 0 Å². The molecule has 0 saturated carbocycles. The average molecular weight is 277 g/mol. The molecular weight excluding hydrogens is 248 g/mol. The molecule has 1 aliphatic heterocycles. The fourth-order valence-corrected chi connectivity index (χ4v) is 1.99. The summed E-state index contributed by atoms with van der Waals surface area (Å²) in [6, 6.07) is 0.290. The standard InChI is InChI=1S/C14H28N2O.ClH/c1-10(2)6-7-12(14(3,4)5)16-13(17)11-8-15-9-11;/h10-12,15H,6-9H2,1-5H3,(H,16,17);1H. The first-order valence-electron chi connectivity index (χ1n) is 6.81. The van der Waals surface area contributed by atoms with Gasteiger partial charge >= 0.3 is 0 Å². The molecule has 18 heavy (non-hydrogen) atoms. The highest BCUT2D eigenvalue weighted by Gasteiger charge is 2.31. The summed E-state index contributed by atoms with van der Waals surface area (Å²) >= 11 is 0. The van der Waals surface area contributed by atoms with Crippen molar-refractivity contribution in [1.29, 1.82) is 0 Å². The van der Waals surface area contributed by atoms with Crippen molar-refractivity contribution in [3.05, 3.63) is 0 Å². The maximum atomic E-state index is 12.0. The van der Waals surface area contributed by atoms with Crippen molar-refractivity contribution in [2.75, 3.05) is 13.1 Å². The molecule has 1 fully saturated rings. The Hall–Kier alpha value is -0.280. The first-order valence-corrected chi connectivity index (χ1v) is 6.81. The Labute approximate surface area is 118 Å². The summed E-state index contributed by atoms with van der Waals surface area (Å²) in [5, 5.41) is 6.38. The van der Waals surface area contributed by atoms with E-state index in [0.29, 0.717) is 5.92 Å². The molecule has 1 rings (SSSR count). The smallest absolute Gasteiger partial charge is 0.225 e. The van der Waals surface area contributed by atoms with Crippen LogP contribution < -0.4 is 10.6 Å². The summed E-state index contributed by atoms with van der Waals surface area (Å²) in [6.07, 6.45) is 2.25. The van der Waals surface area contributed by atoms with Gasteiger partial charge in [-0.05, 0) is 24.2 Å². The van der Waals surface area contributed by atoms with Crippen LogP contribution in [0.5, 0.6) is 0 Å². The normalized spacial score (nSPS) is 17.9. The highest BCUT2D eigenvalue weighted by atomic mass is 35.5. The Morgan fingerprint density at radius 3 is 2.17 bits per heavy atom. The van der Waals surface area contributed by atoms with Crippen LogP contribution in [0.15, 0.2) is 0 Å². The van der Waals surface area contributed by atoms with Crippen LogP contribution in [0.3, 0.4) is 0 Å². The lowest BCUT2D eigenvalue weighted by Gasteiger charge is -2.35. The third-order valence-corrected chi connectivity index (χ3v) is 3.55. The molecule has 108 valence electrons. The first-order chi connectivity index (χ1) is 7.80. The molecule has 0 aromatic rings. The van der Waals surface area contributed by atoms with E-state index in [9.17, 15) is 4.79 Å². The van der Waals surface area contributed by atoms with Gasteiger partial charge in [-0.15, -0.1) is 12.4 Å². The number of carbonyl (C=O) groups excluding carboxylic acids is 1. The lowest BCUT2D eigenvalue weighted by molar-refractivity contribution is -0.128. The van der Waals surface area contributed by atoms with Crippen molar-refractivity contribution in [2.45, 2.75) is 53.5 Å². The van der Waals surface area contributed by atoms with E-state index in [4.69, 9.17) is 0 Å². The van der Waals surface area contributed by atoms with Gasteiger partial charge in [0.2, 0.25) is 5.91 Å². The number of hydrogen-bond donors (Lipinski definition) is 2. The van der Waals surface area contributed by atoms with Gasteiger partial charge in [-0.3, -0.25) is 4.79 Å². The number of nitrogens with one attached hydrogen (secondary N) is 2. The molecule has 1 atom stereocenters. The lowest BCUT2D eigenvalue weighted by Crippen LogP contribution is -2.54. The van der Waals surface area contributed by atoms with Gasteiger partial charge in [-0.1, -0.05) is 34.6 Å². The molecule has 0 bridgehead atoms. The second kappa shape index (κ2) is 7.34. The molecule has 0 aliphatic carbocycles. The number of rotatable bonds is 5. The molecule has 2 N–H and O–H groups in total. The minimum Gasteiger partial charge on any atom is -0.353 e. The van der Waals surface area contributed by atoms with E-state index in [-0.39, 0.29) is 35.7 Å². The number of amides is 1. The predicted molar refractivity (Wildman–Crippen MR) is 79.1 cm³/mol. The van der Waals surface area contributed by atoms with E-state index >= 15 is 0 Å². The van der Waals surface area contributed by atoms with Crippen LogP contribution >= 0.6 is 12.4 Å². The van der Waals surface area contributed by atoms with Crippen molar-refractivity contribution in [3.8, 4) is 0 Å². The summed E-state index contributed by atoms with van der Waals surface area (Å²) in [6.45, 7) is 12.8. The minimum atomic E-state index is 0. The topological polar surface area (TPSA) is 41.1 Å². The molecule has 0 radical (unpaired) electrons. The van der Waals surface area contributed by atoms with Crippen molar-refractivity contribution in [2.24, 2.45) is 17.3 Å². The van der Waals surface area contributed by atoms with Gasteiger partial charge in [0.25, 0.3) is 0 Å². The summed E-state index contributed by atoms with van der Waals surface area (Å²) in [7, 11) is 0. The van der Waals surface area contributed by atoms with E-state index in [1.54, 1.807) is 0 Å². The zero-order chi connectivity index (χ0) is 13.1. The zero-order valence-corrected chi connectivity index (χ0v) is 13.2. The van der Waals surface area contributed by atoms with Crippen LogP contribution in [0.4, 0.5) is 0 Å². The molecule has 0 aromatic carbocycles. The third-order valence-electron chi connectivity index (χ3n) is 3.55. The second-order valence-corrected chi connectivity index (χ2v) is 6.75. The summed E-state index contributed by atoms with van der Waals surface area (Å²) in [5.41, 5.74) is 0.141. The molecule has 3 nitrogen and oxygen atoms in total. The Bertz CT molecular complexity index is 257. The molecule has 4 heteroatoms. The quantitative estimate of drug-likeness (QED) is 0.810. The van der Waals surface area contributed by atoms with Gasteiger partial charge in [0.15, 0.2) is 0 Å². The number of halogens is 1. The molecule has 1 aliphatic rings. The average Bonchev–Trinajstić information content (AvgIpc) is 2.06. The fourth-order valence-electron chi connectivity index (χ4n) is 1.99. The Balaban J connectivity index is 0.00000289. The van der Waals surface area contributed by atoms with E-state index in [1.807, 2.05) is 0 Å². The maximum absolute atomic E-state index is 12.0. The van der Waals surface area contributed by atoms with Crippen LogP contribution in [0.2, 0.25) is 0 Å². The molecular formula is C14H29ClN2O. The van der Waals surface area contributed by atoms with Gasteiger partial charge in [0.1, 0.15) is 0 Å². The molecule has 1 heterocycles. The van der Waals surface area contributed by atoms with Gasteiger partial charge < -0.3 is 10.6 Å². The Kier molecular flexibility index (Phi) is 7.23. The third kappa shape index (κ3) is 5.57. The SMILES string of the molecule is CC(C)CCC(NC(=O)C1CNC1)C(C)(C)C.Cl. The van der Waals surface area contributed by atoms with E-state index in [0.717, 1.165) is 19.5 Å². The van der Waals surface area contributed by atoms with Crippen LogP contribution in [-0.2, 0) is 4.79 Å². The monoisotopic (exact) mass is 276 g/mol. The van der Waals surface area contributed by atoms with Crippen molar-refractivity contribution in [1.82, 2.24) is 10.6 Å². The van der Waals surface area contributed by atoms with Gasteiger partial charge in [0, 0.05) is 19.1 Å². The van der Waals surface area contributed by atoms with Crippen LogP contribution in [-0.4, -0.2) is 25.0 Å². The number of hydrogen-bond acceptors (Lipinski definition) is 2. The molecule has 1 amide bonds. The van der Waals surface area contributed by atoms with Crippen molar-refractivity contribution >= 4 is 18.3 Å². The summed E-state index contributed by atoms with van der Waals surface area (Å²) in [4.78, 5) is 12.0. The molecule has 0 spiro atoms. The Morgan fingerprint density at radius 1 is 1.28 bits per heavy atom. The first kappa shape index (κ1) is 17.7. The summed E-state index contributed by atoms with van der Waals surface area (Å²) < 4.78 is 0. The molecule has 1 unspecified atom stereocenters. The summed E-state index contributed by atoms with van der Waals surface area (Å²) in [5.74, 6) is 1.12. The Morgan fingerprint density at radius 2 is 1.83 bits per heavy atom. The van der Waals surface area contributed by atoms with E-state index < -0.39 is 0 Å². The van der Waals surface area contributed by atoms with Gasteiger partial charge in [-0.2, -0.15) is 0 Å². The van der Waals surface area contributed by atoms with Gasteiger partial charge in [-0.25, -0.2) is 0 Å². The van der Waals surface area contributed by atoms with Crippen LogP contribution in [0, 0.1) is 17.3 Å². The minimum absolute atomic E-state index is 0. The second-order valence-electron chi connectivity index (χ2n) is 6.75. The fraction of sp³-hybridized carbons (Fsp3) is 0.929. The van der Waals surface area contributed by atoms with Crippen LogP contribution in [0.1, 0.15) is 47.5 Å². The van der Waals surface area contributed by atoms with E-state index in [2.05, 4.69) is 45.3 Å². The largest absolute Gasteiger partial charge is 0.353 e. The highest BCUT2D eigenvalue weighted by Crippen LogP contribution is 2.25. The molecule has 1 saturated heterocycles. The molecule has 0 aromatic heterocycles. The lowest BCUT2D eigenvalue weighted by atomic mass is 9.82. The van der Waals surface area contributed by atoms with Crippen molar-refractivity contribution < 1.29 is 4.79 Å². The zero-order valence-electron chi connectivity index (χ0n) is 12.4. The van der Waals surface area contributed by atoms with E-state index in [1.165, 1.54) is 6.42 Å². The number of carbonyl (C=O) groups is 1.